The Balaban J connectivity index is 1.61. The van der Waals surface area contributed by atoms with Crippen LogP contribution in [-0.4, -0.2) is 57.4 Å². The first kappa shape index (κ1) is 21.2. The average molecular weight is 407 g/mol. The van der Waals surface area contributed by atoms with Crippen molar-refractivity contribution >= 4 is 23.4 Å². The first-order chi connectivity index (χ1) is 13.9. The standard InChI is InChI=1S/C20H26FN3O5/c1-28-20(29-2)12-7-9-24(10-8-12)13-3-4-14(15(21)11-13)18(26)22-16-5-6-17(25)23-19(16)27/h3-4,11-12,16,20H,5-10H2,1-2H3,(H,22,26)(H,23,25,27). The van der Waals surface area contributed by atoms with Gasteiger partial charge in [-0.15, -0.1) is 0 Å². The van der Waals surface area contributed by atoms with E-state index >= 15 is 0 Å². The number of benzene rings is 1. The molecule has 2 aliphatic heterocycles. The quantitative estimate of drug-likeness (QED) is 0.543. The summed E-state index contributed by atoms with van der Waals surface area (Å²) in [6.07, 6.45) is 1.81. The summed E-state index contributed by atoms with van der Waals surface area (Å²) in [5, 5.41) is 4.65. The Kier molecular flexibility index (Phi) is 6.81. The van der Waals surface area contributed by atoms with Crippen molar-refractivity contribution in [3.63, 3.8) is 0 Å². The molecule has 1 aromatic carbocycles. The van der Waals surface area contributed by atoms with Gasteiger partial charge in [0.1, 0.15) is 11.9 Å². The number of ether oxygens (including phenoxy) is 2. The van der Waals surface area contributed by atoms with Crippen LogP contribution >= 0.6 is 0 Å². The SMILES string of the molecule is COC(OC)C1CCN(c2ccc(C(=O)NC3CCC(=O)NC3=O)c(F)c2)CC1. The molecule has 29 heavy (non-hydrogen) atoms. The summed E-state index contributed by atoms with van der Waals surface area (Å²) >= 11 is 0. The third kappa shape index (κ3) is 4.91. The van der Waals surface area contributed by atoms with Crippen LogP contribution < -0.4 is 15.5 Å². The van der Waals surface area contributed by atoms with Crippen molar-refractivity contribution in [1.29, 1.82) is 0 Å². The summed E-state index contributed by atoms with van der Waals surface area (Å²) in [5.41, 5.74) is 0.567. The number of methoxy groups -OCH3 is 2. The topological polar surface area (TPSA) is 97.0 Å². The molecule has 1 unspecified atom stereocenters. The number of nitrogens with zero attached hydrogens (tertiary/aromatic N) is 1. The molecule has 0 radical (unpaired) electrons. The van der Waals surface area contributed by atoms with E-state index in [1.54, 1.807) is 20.3 Å². The molecule has 0 spiro atoms. The lowest BCUT2D eigenvalue weighted by Crippen LogP contribution is -2.52. The lowest BCUT2D eigenvalue weighted by Gasteiger charge is -2.36. The van der Waals surface area contributed by atoms with E-state index in [0.717, 1.165) is 25.9 Å². The van der Waals surface area contributed by atoms with E-state index in [0.29, 0.717) is 5.69 Å². The zero-order valence-electron chi connectivity index (χ0n) is 16.6. The molecule has 9 heteroatoms. The van der Waals surface area contributed by atoms with E-state index in [1.165, 1.54) is 12.1 Å². The minimum atomic E-state index is -0.840. The number of carbonyl (C=O) groups excluding carboxylic acids is 3. The van der Waals surface area contributed by atoms with Gasteiger partial charge in [-0.05, 0) is 37.5 Å². The van der Waals surface area contributed by atoms with E-state index in [-0.39, 0.29) is 36.5 Å². The summed E-state index contributed by atoms with van der Waals surface area (Å²) in [6, 6.07) is 3.62. The van der Waals surface area contributed by atoms with Crippen LogP contribution in [0.5, 0.6) is 0 Å². The van der Waals surface area contributed by atoms with Gasteiger partial charge in [-0.25, -0.2) is 4.39 Å². The van der Waals surface area contributed by atoms with Crippen molar-refractivity contribution in [1.82, 2.24) is 10.6 Å². The Bertz CT molecular complexity index is 775. The largest absolute Gasteiger partial charge is 0.371 e. The highest BCUT2D eigenvalue weighted by Gasteiger charge is 2.30. The maximum Gasteiger partial charge on any atom is 0.254 e. The summed E-state index contributed by atoms with van der Waals surface area (Å²) < 4.78 is 25.3. The molecule has 0 aromatic heterocycles. The fourth-order valence-corrected chi connectivity index (χ4v) is 3.86. The predicted molar refractivity (Wildman–Crippen MR) is 103 cm³/mol. The minimum Gasteiger partial charge on any atom is -0.371 e. The van der Waals surface area contributed by atoms with Gasteiger partial charge >= 0.3 is 0 Å². The maximum absolute atomic E-state index is 14.6. The number of amides is 3. The molecular formula is C20H26FN3O5. The second-order valence-electron chi connectivity index (χ2n) is 7.31. The Hall–Kier alpha value is -2.52. The van der Waals surface area contributed by atoms with Crippen molar-refractivity contribution < 1.29 is 28.2 Å². The number of piperidine rings is 2. The number of imide groups is 1. The van der Waals surface area contributed by atoms with Crippen LogP contribution in [0.3, 0.4) is 0 Å². The summed E-state index contributed by atoms with van der Waals surface area (Å²) in [5.74, 6) is -1.99. The van der Waals surface area contributed by atoms with Gasteiger partial charge < -0.3 is 19.7 Å². The average Bonchev–Trinajstić information content (AvgIpc) is 2.71. The summed E-state index contributed by atoms with van der Waals surface area (Å²) in [7, 11) is 3.24. The van der Waals surface area contributed by atoms with Gasteiger partial charge in [-0.2, -0.15) is 0 Å². The van der Waals surface area contributed by atoms with Crippen molar-refractivity contribution in [2.45, 2.75) is 38.0 Å². The van der Waals surface area contributed by atoms with Crippen LogP contribution in [0.1, 0.15) is 36.0 Å². The Labute approximate surface area is 168 Å². The second kappa shape index (κ2) is 9.32. The molecule has 0 saturated carbocycles. The lowest BCUT2D eigenvalue weighted by molar-refractivity contribution is -0.141. The van der Waals surface area contributed by atoms with E-state index in [9.17, 15) is 18.8 Å². The fourth-order valence-electron chi connectivity index (χ4n) is 3.86. The van der Waals surface area contributed by atoms with Gasteiger partial charge in [0.05, 0.1) is 5.56 Å². The molecule has 0 bridgehead atoms. The van der Waals surface area contributed by atoms with Crippen molar-refractivity contribution in [3.05, 3.63) is 29.6 Å². The van der Waals surface area contributed by atoms with Crippen LogP contribution in [0, 0.1) is 11.7 Å². The summed E-state index contributed by atoms with van der Waals surface area (Å²) in [4.78, 5) is 37.4. The van der Waals surface area contributed by atoms with Crippen LogP contribution in [0.25, 0.3) is 0 Å². The maximum atomic E-state index is 14.6. The number of rotatable bonds is 6. The fraction of sp³-hybridized carbons (Fsp3) is 0.550. The van der Waals surface area contributed by atoms with Gasteiger partial charge in [-0.3, -0.25) is 19.7 Å². The molecule has 2 saturated heterocycles. The molecule has 0 aliphatic carbocycles. The monoisotopic (exact) mass is 407 g/mol. The zero-order valence-corrected chi connectivity index (χ0v) is 16.6. The molecule has 1 aromatic rings. The second-order valence-corrected chi connectivity index (χ2v) is 7.31. The van der Waals surface area contributed by atoms with Crippen molar-refractivity contribution in [2.24, 2.45) is 5.92 Å². The zero-order chi connectivity index (χ0) is 21.0. The molecular weight excluding hydrogens is 381 g/mol. The normalized spacial score (nSPS) is 20.7. The third-order valence-electron chi connectivity index (χ3n) is 5.50. The van der Waals surface area contributed by atoms with Gasteiger partial charge in [0, 0.05) is 45.3 Å². The molecule has 2 aliphatic rings. The molecule has 2 fully saturated rings. The Morgan fingerprint density at radius 1 is 1.21 bits per heavy atom. The van der Waals surface area contributed by atoms with Crippen molar-refractivity contribution in [2.75, 3.05) is 32.2 Å². The highest BCUT2D eigenvalue weighted by atomic mass is 19.1. The molecule has 3 rings (SSSR count). The predicted octanol–water partition coefficient (Wildman–Crippen LogP) is 1.20. The van der Waals surface area contributed by atoms with Crippen LogP contribution in [0.2, 0.25) is 0 Å². The van der Waals surface area contributed by atoms with Crippen LogP contribution in [0.4, 0.5) is 10.1 Å². The minimum absolute atomic E-state index is 0.132. The number of hydrogen-bond acceptors (Lipinski definition) is 6. The van der Waals surface area contributed by atoms with E-state index in [1.807, 2.05) is 0 Å². The summed E-state index contributed by atoms with van der Waals surface area (Å²) in [6.45, 7) is 1.46. The first-order valence-electron chi connectivity index (χ1n) is 9.67. The smallest absolute Gasteiger partial charge is 0.254 e. The van der Waals surface area contributed by atoms with Crippen molar-refractivity contribution in [3.8, 4) is 0 Å². The Morgan fingerprint density at radius 2 is 1.90 bits per heavy atom. The highest BCUT2D eigenvalue weighted by molar-refractivity contribution is 6.03. The van der Waals surface area contributed by atoms with E-state index < -0.39 is 23.7 Å². The molecule has 1 atom stereocenters. The van der Waals surface area contributed by atoms with Gasteiger partial charge in [-0.1, -0.05) is 0 Å². The highest BCUT2D eigenvalue weighted by Crippen LogP contribution is 2.28. The van der Waals surface area contributed by atoms with Gasteiger partial charge in [0.2, 0.25) is 11.8 Å². The van der Waals surface area contributed by atoms with Gasteiger partial charge in [0.15, 0.2) is 6.29 Å². The molecule has 3 amide bonds. The number of carbonyl (C=O) groups is 3. The van der Waals surface area contributed by atoms with Crippen LogP contribution in [-0.2, 0) is 19.1 Å². The first-order valence-corrected chi connectivity index (χ1v) is 9.67. The van der Waals surface area contributed by atoms with E-state index in [4.69, 9.17) is 9.47 Å². The van der Waals surface area contributed by atoms with E-state index in [2.05, 4.69) is 15.5 Å². The number of nitrogens with one attached hydrogen (secondary N) is 2. The van der Waals surface area contributed by atoms with Gasteiger partial charge in [0.25, 0.3) is 5.91 Å². The third-order valence-corrected chi connectivity index (χ3v) is 5.50. The molecule has 2 heterocycles. The molecule has 158 valence electrons. The lowest BCUT2D eigenvalue weighted by atomic mass is 9.95. The number of anilines is 1. The molecule has 8 nitrogen and oxygen atoms in total. The number of hydrogen-bond donors (Lipinski definition) is 2. The van der Waals surface area contributed by atoms with Crippen LogP contribution in [0.15, 0.2) is 18.2 Å². The number of halogens is 1. The Morgan fingerprint density at radius 3 is 2.48 bits per heavy atom. The molecule has 2 N–H and O–H groups in total.